The fourth-order valence-electron chi connectivity index (χ4n) is 1.80. The average molecular weight is 351 g/mol. The lowest BCUT2D eigenvalue weighted by molar-refractivity contribution is -0.117. The Bertz CT molecular complexity index is 599. The zero-order chi connectivity index (χ0) is 15.6. The van der Waals surface area contributed by atoms with Crippen LogP contribution in [0.3, 0.4) is 0 Å². The average Bonchev–Trinajstić information content (AvgIpc) is 2.71. The largest absolute Gasteiger partial charge is 0.332 e. The number of hydrogen-bond acceptors (Lipinski definition) is 5. The van der Waals surface area contributed by atoms with E-state index >= 15 is 0 Å². The fourth-order valence-corrected chi connectivity index (χ4v) is 3.34. The highest BCUT2D eigenvalue weighted by atomic mass is 35.5. The van der Waals surface area contributed by atoms with Gasteiger partial charge < -0.3 is 10.6 Å². The Morgan fingerprint density at radius 3 is 2.90 bits per heavy atom. The first-order valence-electron chi connectivity index (χ1n) is 5.93. The molecule has 2 rings (SSSR count). The van der Waals surface area contributed by atoms with Gasteiger partial charge >= 0.3 is 0 Å². The van der Waals surface area contributed by atoms with E-state index in [2.05, 4.69) is 10.9 Å². The minimum absolute atomic E-state index is 0.208. The van der Waals surface area contributed by atoms with Crippen molar-refractivity contribution in [3.63, 3.8) is 0 Å². The van der Waals surface area contributed by atoms with E-state index in [0.717, 1.165) is 11.8 Å². The summed E-state index contributed by atoms with van der Waals surface area (Å²) in [7, 11) is 1.57. The molecule has 21 heavy (non-hydrogen) atoms. The number of benzene rings is 1. The van der Waals surface area contributed by atoms with Gasteiger partial charge in [0.2, 0.25) is 0 Å². The van der Waals surface area contributed by atoms with Gasteiger partial charge in [0.05, 0.1) is 0 Å². The lowest BCUT2D eigenvalue weighted by atomic mass is 10.2. The molecule has 0 radical (unpaired) electrons. The van der Waals surface area contributed by atoms with Gasteiger partial charge in [0.1, 0.15) is 21.4 Å². The zero-order valence-electron chi connectivity index (χ0n) is 11.0. The van der Waals surface area contributed by atoms with Crippen LogP contribution in [0.1, 0.15) is 5.56 Å². The maximum Gasteiger partial charge on any atom is 0.274 e. The van der Waals surface area contributed by atoms with Crippen molar-refractivity contribution in [2.45, 2.75) is 12.0 Å². The quantitative estimate of drug-likeness (QED) is 0.571. The van der Waals surface area contributed by atoms with Gasteiger partial charge in [-0.3, -0.25) is 10.2 Å². The molecule has 1 aliphatic heterocycles. The Kier molecular flexibility index (Phi) is 5.34. The van der Waals surface area contributed by atoms with Crippen molar-refractivity contribution in [2.75, 3.05) is 7.05 Å². The number of nitrogens with two attached hydrogens (primary N) is 1. The van der Waals surface area contributed by atoms with Gasteiger partial charge in [-0.2, -0.15) is 0 Å². The summed E-state index contributed by atoms with van der Waals surface area (Å²) in [6.45, 7) is 0.208. The van der Waals surface area contributed by atoms with E-state index in [0.29, 0.717) is 15.5 Å². The van der Waals surface area contributed by atoms with Gasteiger partial charge in [0, 0.05) is 18.6 Å². The highest BCUT2D eigenvalue weighted by molar-refractivity contribution is 8.04. The number of amides is 1. The Labute approximate surface area is 135 Å². The standard InChI is InChI=1S/C12H13Cl2FN4OS/c1-17-18-11(20)9-10(14)19(12(16)21-9)5-6-4-7(15)2-3-8(6)13/h2-4,12,17H,5,16H2,1H3,(H,18,20). The third-order valence-corrected chi connectivity index (χ3v) is 4.78. The predicted molar refractivity (Wildman–Crippen MR) is 82.6 cm³/mol. The summed E-state index contributed by atoms with van der Waals surface area (Å²) in [5, 5.41) is 0.617. The second-order valence-electron chi connectivity index (χ2n) is 4.20. The molecule has 4 N–H and O–H groups in total. The number of nitrogens with one attached hydrogen (secondary N) is 2. The number of hydrazine groups is 1. The van der Waals surface area contributed by atoms with Crippen molar-refractivity contribution in [2.24, 2.45) is 5.73 Å². The number of halogens is 3. The van der Waals surface area contributed by atoms with Crippen LogP contribution < -0.4 is 16.6 Å². The first-order chi connectivity index (χ1) is 9.93. The van der Waals surface area contributed by atoms with E-state index in [1.807, 2.05) is 0 Å². The molecule has 1 amide bonds. The zero-order valence-corrected chi connectivity index (χ0v) is 13.3. The highest BCUT2D eigenvalue weighted by Crippen LogP contribution is 2.39. The molecular weight excluding hydrogens is 338 g/mol. The summed E-state index contributed by atoms with van der Waals surface area (Å²) < 4.78 is 13.3. The maximum atomic E-state index is 13.3. The molecular formula is C12H13Cl2FN4OS. The first kappa shape index (κ1) is 16.4. The molecule has 0 fully saturated rings. The minimum atomic E-state index is -0.547. The summed E-state index contributed by atoms with van der Waals surface area (Å²) in [5.74, 6) is -0.779. The van der Waals surface area contributed by atoms with E-state index in [-0.39, 0.29) is 17.6 Å². The molecule has 0 saturated heterocycles. The van der Waals surface area contributed by atoms with Gasteiger partial charge in [-0.25, -0.2) is 9.82 Å². The van der Waals surface area contributed by atoms with Crippen molar-refractivity contribution >= 4 is 40.9 Å². The smallest absolute Gasteiger partial charge is 0.274 e. The number of thioether (sulfide) groups is 1. The lowest BCUT2D eigenvalue weighted by Gasteiger charge is -2.23. The van der Waals surface area contributed by atoms with Gasteiger partial charge in [-0.15, -0.1) is 0 Å². The number of nitrogens with zero attached hydrogens (tertiary/aromatic N) is 1. The summed E-state index contributed by atoms with van der Waals surface area (Å²) in [5.41, 5.74) is 10.9. The molecule has 0 bridgehead atoms. The lowest BCUT2D eigenvalue weighted by Crippen LogP contribution is -2.34. The molecule has 114 valence electrons. The van der Waals surface area contributed by atoms with E-state index < -0.39 is 11.3 Å². The molecule has 1 aromatic rings. The predicted octanol–water partition coefficient (Wildman–Crippen LogP) is 1.93. The summed E-state index contributed by atoms with van der Waals surface area (Å²) in [6.07, 6.45) is 0. The first-order valence-corrected chi connectivity index (χ1v) is 7.57. The van der Waals surface area contributed by atoms with Crippen LogP contribution in [-0.2, 0) is 11.3 Å². The SMILES string of the molecule is CNNC(=O)C1=C(Cl)N(Cc2cc(F)ccc2Cl)C(N)S1. The molecule has 9 heteroatoms. The molecule has 1 aromatic carbocycles. The Balaban J connectivity index is 2.23. The molecule has 1 atom stereocenters. The Morgan fingerprint density at radius 2 is 2.24 bits per heavy atom. The molecule has 1 aliphatic rings. The molecule has 0 spiro atoms. The second kappa shape index (κ2) is 6.85. The van der Waals surface area contributed by atoms with Crippen molar-refractivity contribution in [1.29, 1.82) is 0 Å². The summed E-state index contributed by atoms with van der Waals surface area (Å²) in [4.78, 5) is 13.7. The van der Waals surface area contributed by atoms with Crippen molar-refractivity contribution < 1.29 is 9.18 Å². The number of carbonyl (C=O) groups is 1. The number of rotatable bonds is 4. The molecule has 5 nitrogen and oxygen atoms in total. The normalized spacial score (nSPS) is 18.3. The third-order valence-electron chi connectivity index (χ3n) is 2.78. The second-order valence-corrected chi connectivity index (χ2v) is 6.09. The van der Waals surface area contributed by atoms with Gasteiger partial charge in [-0.05, 0) is 23.8 Å². The molecule has 0 aliphatic carbocycles. The van der Waals surface area contributed by atoms with E-state index in [9.17, 15) is 9.18 Å². The monoisotopic (exact) mass is 350 g/mol. The van der Waals surface area contributed by atoms with Crippen LogP contribution in [0.2, 0.25) is 5.02 Å². The van der Waals surface area contributed by atoms with Crippen molar-refractivity contribution in [3.8, 4) is 0 Å². The molecule has 0 saturated carbocycles. The third kappa shape index (κ3) is 3.61. The summed E-state index contributed by atoms with van der Waals surface area (Å²) in [6, 6.07) is 4.05. The van der Waals surface area contributed by atoms with Gasteiger partial charge in [0.15, 0.2) is 0 Å². The minimum Gasteiger partial charge on any atom is -0.332 e. The van der Waals surface area contributed by atoms with Crippen LogP contribution in [-0.4, -0.2) is 23.4 Å². The maximum absolute atomic E-state index is 13.3. The van der Waals surface area contributed by atoms with Crippen LogP contribution in [0.25, 0.3) is 0 Å². The van der Waals surface area contributed by atoms with Crippen molar-refractivity contribution in [1.82, 2.24) is 15.8 Å². The fraction of sp³-hybridized carbons (Fsp3) is 0.250. The number of carbonyl (C=O) groups excluding carboxylic acids is 1. The molecule has 1 unspecified atom stereocenters. The van der Waals surface area contributed by atoms with E-state index in [1.165, 1.54) is 18.2 Å². The van der Waals surface area contributed by atoms with Gasteiger partial charge in [-0.1, -0.05) is 35.0 Å². The summed E-state index contributed by atoms with van der Waals surface area (Å²) >= 11 is 13.3. The molecule has 0 aromatic heterocycles. The topological polar surface area (TPSA) is 70.4 Å². The van der Waals surface area contributed by atoms with E-state index in [1.54, 1.807) is 11.9 Å². The van der Waals surface area contributed by atoms with E-state index in [4.69, 9.17) is 28.9 Å². The highest BCUT2D eigenvalue weighted by Gasteiger charge is 2.33. The van der Waals surface area contributed by atoms with Crippen LogP contribution in [0.4, 0.5) is 4.39 Å². The van der Waals surface area contributed by atoms with Crippen LogP contribution in [0, 0.1) is 5.82 Å². The van der Waals surface area contributed by atoms with Crippen LogP contribution in [0.5, 0.6) is 0 Å². The Morgan fingerprint density at radius 1 is 1.52 bits per heavy atom. The van der Waals surface area contributed by atoms with Crippen LogP contribution >= 0.6 is 35.0 Å². The Hall–Kier alpha value is -0.990. The van der Waals surface area contributed by atoms with Crippen LogP contribution in [0.15, 0.2) is 28.3 Å². The molecule has 1 heterocycles. The number of hydrogen-bond donors (Lipinski definition) is 3. The van der Waals surface area contributed by atoms with Crippen molar-refractivity contribution in [3.05, 3.63) is 44.7 Å². The van der Waals surface area contributed by atoms with Gasteiger partial charge in [0.25, 0.3) is 5.91 Å².